The Bertz CT molecular complexity index is 4190. The summed E-state index contributed by atoms with van der Waals surface area (Å²) in [6.45, 7) is 57.7. The van der Waals surface area contributed by atoms with Crippen molar-refractivity contribution in [1.82, 2.24) is 0 Å². The minimum absolute atomic E-state index is 0. The topological polar surface area (TPSA) is 0 Å². The Hall–Kier alpha value is -4.34. The van der Waals surface area contributed by atoms with Crippen LogP contribution in [0.1, 0.15) is 233 Å². The zero-order chi connectivity index (χ0) is 70.4. The third kappa shape index (κ3) is 15.5. The van der Waals surface area contributed by atoms with Gasteiger partial charge in [-0.15, -0.1) is 0 Å². The van der Waals surface area contributed by atoms with Gasteiger partial charge in [0.25, 0.3) is 0 Å². The number of allylic oxidation sites excluding steroid dienone is 10. The van der Waals surface area contributed by atoms with Crippen LogP contribution in [0, 0.1) is 118 Å². The van der Waals surface area contributed by atoms with Crippen LogP contribution in [0.2, 0.25) is 30.7 Å². The number of benzene rings is 6. The number of rotatable bonds is 7. The van der Waals surface area contributed by atoms with E-state index in [2.05, 4.69) is 274 Å². The molecule has 0 aliphatic heterocycles. The van der Waals surface area contributed by atoms with Gasteiger partial charge >= 0.3 is 37.9 Å². The number of aryl methyl sites for hydroxylation is 9. The van der Waals surface area contributed by atoms with Gasteiger partial charge in [-0.05, 0) is 309 Å². The second-order valence-corrected chi connectivity index (χ2v) is 45.3. The molecule has 3 saturated carbocycles. The van der Waals surface area contributed by atoms with Crippen molar-refractivity contribution in [2.45, 2.75) is 244 Å². The predicted octanol–water partition coefficient (Wildman–Crippen LogP) is 27.8. The maximum atomic E-state index is 4.93. The molecule has 6 aromatic carbocycles. The molecular weight excluding hydrogens is 1350 g/mol. The molecule has 10 atom stereocenters. The molecule has 526 valence electrons. The quantitative estimate of drug-likeness (QED) is 0.110. The van der Waals surface area contributed by atoms with Crippen molar-refractivity contribution in [3.05, 3.63) is 246 Å². The first kappa shape index (κ1) is 78.8. The van der Waals surface area contributed by atoms with Crippen molar-refractivity contribution < 1.29 is 20.8 Å². The Labute approximate surface area is 626 Å². The van der Waals surface area contributed by atoms with Gasteiger partial charge in [0.1, 0.15) is 0 Å². The molecule has 8 aliphatic rings. The minimum atomic E-state index is -1.77. The second-order valence-electron chi connectivity index (χ2n) is 34.9. The van der Waals surface area contributed by atoms with Crippen LogP contribution < -0.4 is 0 Å². The number of hydrogen-bond donors (Lipinski definition) is 0. The summed E-state index contributed by atoms with van der Waals surface area (Å²) in [5.74, 6) is 4.79. The van der Waals surface area contributed by atoms with Crippen LogP contribution in [-0.4, -0.2) is 17.6 Å². The van der Waals surface area contributed by atoms with Crippen molar-refractivity contribution in [3.8, 4) is 22.3 Å². The van der Waals surface area contributed by atoms with Gasteiger partial charge in [0.05, 0.1) is 8.07 Å². The molecule has 10 unspecified atom stereocenters. The van der Waals surface area contributed by atoms with Gasteiger partial charge in [-0.1, -0.05) is 247 Å². The van der Waals surface area contributed by atoms with Crippen molar-refractivity contribution in [3.63, 3.8) is 0 Å². The summed E-state index contributed by atoms with van der Waals surface area (Å²) >= 11 is -0.826. The first-order valence-corrected chi connectivity index (χ1v) is 49.3. The van der Waals surface area contributed by atoms with Crippen LogP contribution in [0.25, 0.3) is 45.6 Å². The van der Waals surface area contributed by atoms with E-state index in [1.807, 2.05) is 0 Å². The van der Waals surface area contributed by atoms with E-state index in [1.54, 1.807) is 66.8 Å². The molecule has 3 fully saturated rings. The van der Waals surface area contributed by atoms with Crippen molar-refractivity contribution >= 4 is 57.9 Å². The van der Waals surface area contributed by atoms with Crippen LogP contribution in [0.3, 0.4) is 0 Å². The Morgan fingerprint density at radius 1 is 0.485 bits per heavy atom. The summed E-state index contributed by atoms with van der Waals surface area (Å²) in [6.07, 6.45) is 21.1. The van der Waals surface area contributed by atoms with Gasteiger partial charge in [-0.2, -0.15) is 0 Å². The summed E-state index contributed by atoms with van der Waals surface area (Å²) in [6, 6.07) is 33.8. The summed E-state index contributed by atoms with van der Waals surface area (Å²) in [5, 5.41) is 0. The molecule has 99 heavy (non-hydrogen) atoms. The van der Waals surface area contributed by atoms with E-state index in [0.717, 1.165) is 22.9 Å². The van der Waals surface area contributed by atoms with Crippen LogP contribution in [0.4, 0.5) is 0 Å². The average molecular weight is 1470 g/mol. The van der Waals surface area contributed by atoms with E-state index < -0.39 is 28.9 Å². The van der Waals surface area contributed by atoms with E-state index in [-0.39, 0.29) is 35.2 Å². The Morgan fingerprint density at radius 3 is 1.40 bits per heavy atom. The monoisotopic (exact) mass is 1470 g/mol. The Balaban J connectivity index is 0.000000185. The normalized spacial score (nSPS) is 24.1. The fourth-order valence-electron chi connectivity index (χ4n) is 21.8. The number of fused-ring (bicyclic) bond motifs is 6. The zero-order valence-electron chi connectivity index (χ0n) is 66.3. The molecule has 0 radical (unpaired) electrons. The van der Waals surface area contributed by atoms with E-state index in [4.69, 9.17) is 17.0 Å². The molecule has 8 aliphatic carbocycles. The second kappa shape index (κ2) is 30.8. The molecule has 0 heterocycles. The van der Waals surface area contributed by atoms with Crippen LogP contribution in [0.5, 0.6) is 0 Å². The first-order valence-electron chi connectivity index (χ1n) is 37.6. The first-order chi connectivity index (χ1) is 45.6. The van der Waals surface area contributed by atoms with Gasteiger partial charge in [0.15, 0.2) is 0 Å². The molecule has 0 N–H and O–H groups in total. The average Bonchev–Trinajstić information content (AvgIpc) is 1.59. The van der Waals surface area contributed by atoms with E-state index in [9.17, 15) is 0 Å². The molecule has 5 heteroatoms. The van der Waals surface area contributed by atoms with E-state index in [1.165, 1.54) is 152 Å². The summed E-state index contributed by atoms with van der Waals surface area (Å²) < 4.78 is 0. The number of halogens is 2. The van der Waals surface area contributed by atoms with Crippen LogP contribution >= 0.6 is 17.0 Å². The van der Waals surface area contributed by atoms with Crippen LogP contribution in [-0.2, 0) is 39.1 Å². The van der Waals surface area contributed by atoms with E-state index in [0.29, 0.717) is 35.1 Å². The van der Waals surface area contributed by atoms with Crippen LogP contribution in [0.15, 0.2) is 131 Å². The summed E-state index contributed by atoms with van der Waals surface area (Å²) in [5.41, 5.74) is 48.1. The molecule has 0 bridgehead atoms. The standard InChI is InChI=1S/C46H62Si.C24H32Si.C22H24.2CH3.2ClH.Zr/c1-26-16-27(2)19-34(18-26)42-32(7)41(46(8,9)10)25-40-37(42)22-30(5)45(40)47(11,12)44-31(6)23-38-39(44)24-33-14-13-15-36(33)43(38)35-20-28(3)17-29(4)21-35;1-14-9-15(2)11-18(10-14)22-17(4)21(24(5,6)7)13-20-19(22)12-16(3)23(20)25-8;1-13-8-14(2)10-18(9-13)22-19-7-5-6-17(19)12-20-16(4)15(3)11-21(20)22;;;;;/h16-21,24-25,30-31,37-40,44-45H,13-15,22-23H2,1-12H3;9-13,23H,25H2,1-8H3;8-12,16H,5-7H2,1-4H3;2*1H3;2*1H;/q;;;2*-1;;;+4/p-2. The molecule has 0 nitrogen and oxygen atoms in total. The fraction of sp³-hybridized carbons (Fsp3) is 0.468. The molecule has 0 saturated heterocycles. The summed E-state index contributed by atoms with van der Waals surface area (Å²) in [7, 11) is 7.98. The molecule has 0 spiro atoms. The molecule has 14 rings (SSSR count). The molecule has 6 aromatic rings. The molecule has 0 aromatic heterocycles. The van der Waals surface area contributed by atoms with Gasteiger partial charge in [0, 0.05) is 15.4 Å². The van der Waals surface area contributed by atoms with Gasteiger partial charge in [-0.3, -0.25) is 0 Å². The van der Waals surface area contributed by atoms with Gasteiger partial charge < -0.3 is 14.9 Å². The van der Waals surface area contributed by atoms with E-state index >= 15 is 0 Å². The SMILES string of the molecule is CC1=C(c2cc(C)cc(C)c2)C2CC(C)C([Si](C)(C)C3C(C)CC4C(c5cc(C)cc(C)c5)=C5CCCC5=CC43)C2C=C1C(C)(C)C.CC1=Cc2c(cc3c(c2-c2cc(C)cc(C)c2)CCC3)C1C.C[SiH2]C1C(C)=Cc2c1cc(C(C)(C)C)c(C)c2-c1cc(C)cc(C)c1.[CH3-].[CH3-].[Cl][Zr+2][Cl]. The number of hydrogen-bond acceptors (Lipinski definition) is 0. The van der Waals surface area contributed by atoms with Crippen molar-refractivity contribution in [2.24, 2.45) is 40.9 Å². The molecular formula is C94H124Cl2Si2Zr. The van der Waals surface area contributed by atoms with Crippen molar-refractivity contribution in [2.75, 3.05) is 0 Å². The van der Waals surface area contributed by atoms with Gasteiger partial charge in [-0.25, -0.2) is 0 Å². The molecule has 0 amide bonds. The zero-order valence-corrected chi connectivity index (χ0v) is 72.7. The third-order valence-electron chi connectivity index (χ3n) is 24.9. The summed E-state index contributed by atoms with van der Waals surface area (Å²) in [4.78, 5) is 0. The predicted molar refractivity (Wildman–Crippen MR) is 443 cm³/mol. The van der Waals surface area contributed by atoms with Gasteiger partial charge in [0.2, 0.25) is 0 Å². The Kier molecular flexibility index (Phi) is 24.5. The Morgan fingerprint density at radius 2 is 0.919 bits per heavy atom. The third-order valence-corrected chi connectivity index (χ3v) is 32.1. The maximum absolute atomic E-state index is 4.93. The van der Waals surface area contributed by atoms with Crippen molar-refractivity contribution in [1.29, 1.82) is 0 Å². The fourth-order valence-corrected chi connectivity index (χ4v) is 29.6.